The van der Waals surface area contributed by atoms with Gasteiger partial charge >= 0.3 is 0 Å². The van der Waals surface area contributed by atoms with Crippen LogP contribution >= 0.6 is 0 Å². The number of pyridine rings is 1. The Morgan fingerprint density at radius 2 is 2.19 bits per heavy atom. The minimum atomic E-state index is -0.298. The van der Waals surface area contributed by atoms with Crippen LogP contribution in [0.15, 0.2) is 59.7 Å². The van der Waals surface area contributed by atoms with E-state index in [1.54, 1.807) is 30.9 Å². The lowest BCUT2D eigenvalue weighted by atomic mass is 9.76. The first-order valence-corrected chi connectivity index (χ1v) is 8.63. The van der Waals surface area contributed by atoms with Crippen LogP contribution in [0.25, 0.3) is 0 Å². The van der Waals surface area contributed by atoms with Gasteiger partial charge in [0.05, 0.1) is 30.7 Å². The van der Waals surface area contributed by atoms with Crippen molar-refractivity contribution >= 4 is 5.91 Å². The van der Waals surface area contributed by atoms with Crippen LogP contribution in [0, 0.1) is 5.92 Å². The average molecular weight is 352 g/mol. The molecule has 134 valence electrons. The molecular weight excluding hydrogens is 332 g/mol. The Morgan fingerprint density at radius 3 is 2.88 bits per heavy atom. The lowest BCUT2D eigenvalue weighted by Gasteiger charge is -2.37. The van der Waals surface area contributed by atoms with E-state index in [9.17, 15) is 9.90 Å². The Morgan fingerprint density at radius 1 is 1.31 bits per heavy atom. The van der Waals surface area contributed by atoms with E-state index >= 15 is 0 Å². The Balaban J connectivity index is 1.47. The molecule has 3 aromatic heterocycles. The molecule has 0 radical (unpaired) electrons. The van der Waals surface area contributed by atoms with Crippen LogP contribution in [0.5, 0.6) is 0 Å². The molecule has 1 aliphatic carbocycles. The van der Waals surface area contributed by atoms with Crippen molar-refractivity contribution < 1.29 is 14.3 Å². The standard InChI is InChI=1S/C19H20N4O3/c24-14-9-13(10-14)18(16-3-1-2-6-21-16)22-19(25)17-5-4-15(26-17)11-23-8-7-20-12-23/h1-8,12-14,18,24H,9-11H2,(H,22,25). The average Bonchev–Trinajstić information content (AvgIpc) is 3.30. The molecule has 0 aromatic carbocycles. The number of nitrogens with zero attached hydrogens (tertiary/aromatic N) is 3. The number of furan rings is 1. The van der Waals surface area contributed by atoms with Crippen LogP contribution in [0.3, 0.4) is 0 Å². The number of hydrogen-bond acceptors (Lipinski definition) is 5. The summed E-state index contributed by atoms with van der Waals surface area (Å²) in [5.41, 5.74) is 0.794. The first-order valence-electron chi connectivity index (χ1n) is 8.63. The van der Waals surface area contributed by atoms with Gasteiger partial charge in [-0.2, -0.15) is 0 Å². The Kier molecular flexibility index (Phi) is 4.53. The minimum Gasteiger partial charge on any atom is -0.454 e. The second-order valence-corrected chi connectivity index (χ2v) is 6.59. The molecule has 3 aromatic rings. The van der Waals surface area contributed by atoms with Gasteiger partial charge in [0, 0.05) is 18.6 Å². The van der Waals surface area contributed by atoms with Crippen molar-refractivity contribution in [1.82, 2.24) is 19.9 Å². The van der Waals surface area contributed by atoms with Crippen LogP contribution < -0.4 is 5.32 Å². The molecule has 7 heteroatoms. The first-order chi connectivity index (χ1) is 12.7. The maximum atomic E-state index is 12.7. The number of carbonyl (C=O) groups is 1. The van der Waals surface area contributed by atoms with Crippen LogP contribution in [0.1, 0.15) is 40.9 Å². The van der Waals surface area contributed by atoms with E-state index in [4.69, 9.17) is 4.42 Å². The summed E-state index contributed by atoms with van der Waals surface area (Å²) in [7, 11) is 0. The molecule has 0 bridgehead atoms. The van der Waals surface area contributed by atoms with Gasteiger partial charge in [-0.3, -0.25) is 9.78 Å². The highest BCUT2D eigenvalue weighted by Gasteiger charge is 2.36. The lowest BCUT2D eigenvalue weighted by molar-refractivity contribution is 0.0225. The number of aliphatic hydroxyl groups excluding tert-OH is 1. The predicted octanol–water partition coefficient (Wildman–Crippen LogP) is 2.16. The molecule has 0 spiro atoms. The fourth-order valence-corrected chi connectivity index (χ4v) is 3.25. The first kappa shape index (κ1) is 16.5. The number of nitrogens with one attached hydrogen (secondary N) is 1. The maximum absolute atomic E-state index is 12.7. The van der Waals surface area contributed by atoms with E-state index in [2.05, 4.69) is 15.3 Å². The van der Waals surface area contributed by atoms with Crippen molar-refractivity contribution in [2.24, 2.45) is 5.92 Å². The molecule has 0 aliphatic heterocycles. The zero-order valence-corrected chi connectivity index (χ0v) is 14.2. The number of imidazole rings is 1. The number of aromatic nitrogens is 3. The van der Waals surface area contributed by atoms with E-state index in [1.165, 1.54) is 0 Å². The largest absolute Gasteiger partial charge is 0.454 e. The van der Waals surface area contributed by atoms with E-state index in [-0.39, 0.29) is 29.7 Å². The number of hydrogen-bond donors (Lipinski definition) is 2. The predicted molar refractivity (Wildman–Crippen MR) is 93.2 cm³/mol. The zero-order valence-electron chi connectivity index (χ0n) is 14.2. The normalized spacial score (nSPS) is 20.3. The quantitative estimate of drug-likeness (QED) is 0.709. The molecule has 1 aliphatic rings. The molecule has 1 atom stereocenters. The summed E-state index contributed by atoms with van der Waals surface area (Å²) in [5, 5.41) is 12.7. The second-order valence-electron chi connectivity index (χ2n) is 6.59. The van der Waals surface area contributed by atoms with E-state index in [0.29, 0.717) is 25.1 Å². The minimum absolute atomic E-state index is 0.171. The second kappa shape index (κ2) is 7.13. The van der Waals surface area contributed by atoms with Crippen LogP contribution in [-0.4, -0.2) is 31.7 Å². The molecule has 1 unspecified atom stereocenters. The van der Waals surface area contributed by atoms with Gasteiger partial charge in [0.1, 0.15) is 5.76 Å². The van der Waals surface area contributed by atoms with Crippen molar-refractivity contribution in [2.45, 2.75) is 31.5 Å². The molecule has 0 saturated heterocycles. The number of aliphatic hydroxyl groups is 1. The van der Waals surface area contributed by atoms with Crippen molar-refractivity contribution in [3.05, 3.63) is 72.5 Å². The highest BCUT2D eigenvalue weighted by Crippen LogP contribution is 2.37. The summed E-state index contributed by atoms with van der Waals surface area (Å²) >= 11 is 0. The van der Waals surface area contributed by atoms with E-state index in [1.807, 2.05) is 29.0 Å². The molecule has 1 amide bonds. The number of carbonyl (C=O) groups excluding carboxylic acids is 1. The topological polar surface area (TPSA) is 93.2 Å². The monoisotopic (exact) mass is 352 g/mol. The van der Waals surface area contributed by atoms with Gasteiger partial charge in [-0.25, -0.2) is 4.98 Å². The van der Waals surface area contributed by atoms with Gasteiger partial charge in [0.2, 0.25) is 0 Å². The summed E-state index contributed by atoms with van der Waals surface area (Å²) in [6, 6.07) is 8.85. The highest BCUT2D eigenvalue weighted by atomic mass is 16.4. The van der Waals surface area contributed by atoms with Crippen LogP contribution in [0.4, 0.5) is 0 Å². The molecule has 1 saturated carbocycles. The fourth-order valence-electron chi connectivity index (χ4n) is 3.25. The summed E-state index contributed by atoms with van der Waals surface area (Å²) < 4.78 is 7.55. The summed E-state index contributed by atoms with van der Waals surface area (Å²) in [5.74, 6) is 0.839. The third kappa shape index (κ3) is 3.52. The van der Waals surface area contributed by atoms with Crippen molar-refractivity contribution in [3.63, 3.8) is 0 Å². The van der Waals surface area contributed by atoms with Crippen LogP contribution in [0.2, 0.25) is 0 Å². The summed E-state index contributed by atoms with van der Waals surface area (Å²) in [4.78, 5) is 21.0. The molecule has 4 rings (SSSR count). The molecule has 7 nitrogen and oxygen atoms in total. The van der Waals surface area contributed by atoms with Crippen molar-refractivity contribution in [1.29, 1.82) is 0 Å². The Bertz CT molecular complexity index is 854. The Hall–Kier alpha value is -2.93. The SMILES string of the molecule is O=C(NC(c1ccccn1)C1CC(O)C1)c1ccc(Cn2ccnc2)o1. The molecule has 1 fully saturated rings. The molecule has 3 heterocycles. The van der Waals surface area contributed by atoms with Crippen LogP contribution in [-0.2, 0) is 6.54 Å². The van der Waals surface area contributed by atoms with E-state index in [0.717, 1.165) is 5.69 Å². The smallest absolute Gasteiger partial charge is 0.287 e. The van der Waals surface area contributed by atoms with Crippen molar-refractivity contribution in [2.75, 3.05) is 0 Å². The summed E-state index contributed by atoms with van der Waals surface area (Å²) in [6.45, 7) is 0.520. The van der Waals surface area contributed by atoms with Gasteiger partial charge < -0.3 is 19.4 Å². The van der Waals surface area contributed by atoms with Gasteiger partial charge in [-0.15, -0.1) is 0 Å². The van der Waals surface area contributed by atoms with Gasteiger partial charge in [0.25, 0.3) is 5.91 Å². The van der Waals surface area contributed by atoms with Gasteiger partial charge in [0.15, 0.2) is 5.76 Å². The maximum Gasteiger partial charge on any atom is 0.287 e. The van der Waals surface area contributed by atoms with Gasteiger partial charge in [-0.05, 0) is 43.0 Å². The number of amides is 1. The fraction of sp³-hybridized carbons (Fsp3) is 0.316. The number of rotatable bonds is 6. The van der Waals surface area contributed by atoms with Gasteiger partial charge in [-0.1, -0.05) is 6.07 Å². The molecule has 26 heavy (non-hydrogen) atoms. The molecular formula is C19H20N4O3. The lowest BCUT2D eigenvalue weighted by Crippen LogP contribution is -2.41. The summed E-state index contributed by atoms with van der Waals surface area (Å²) in [6.07, 6.45) is 7.95. The Labute approximate surface area is 150 Å². The third-order valence-corrected chi connectivity index (χ3v) is 4.70. The van der Waals surface area contributed by atoms with E-state index < -0.39 is 0 Å². The third-order valence-electron chi connectivity index (χ3n) is 4.70. The molecule has 2 N–H and O–H groups in total. The van der Waals surface area contributed by atoms with Crippen molar-refractivity contribution in [3.8, 4) is 0 Å². The highest BCUT2D eigenvalue weighted by molar-refractivity contribution is 5.91. The zero-order chi connectivity index (χ0) is 17.9.